The zero-order valence-electron chi connectivity index (χ0n) is 14.9. The Hall–Kier alpha value is -2.69. The van der Waals surface area contributed by atoms with Gasteiger partial charge in [-0.2, -0.15) is 0 Å². The van der Waals surface area contributed by atoms with Crippen LogP contribution in [0.1, 0.15) is 30.9 Å². The molecule has 0 saturated carbocycles. The lowest BCUT2D eigenvalue weighted by molar-refractivity contribution is -0.122. The van der Waals surface area contributed by atoms with Crippen molar-refractivity contribution in [3.05, 3.63) is 47.5 Å². The van der Waals surface area contributed by atoms with Crippen LogP contribution in [0.25, 0.3) is 0 Å². The number of carbonyl (C=O) groups is 1. The van der Waals surface area contributed by atoms with Gasteiger partial charge in [0.25, 0.3) is 5.91 Å². The number of rotatable bonds is 4. The molecule has 1 aliphatic carbocycles. The molecule has 1 heterocycles. The van der Waals surface area contributed by atoms with Crippen molar-refractivity contribution in [2.75, 3.05) is 18.5 Å². The number of benzene rings is 2. The Kier molecular flexibility index (Phi) is 4.69. The first-order valence-electron chi connectivity index (χ1n) is 9.18. The van der Waals surface area contributed by atoms with Crippen LogP contribution in [0.2, 0.25) is 0 Å². The zero-order valence-corrected chi connectivity index (χ0v) is 14.9. The van der Waals surface area contributed by atoms with Gasteiger partial charge in [-0.1, -0.05) is 12.1 Å². The summed E-state index contributed by atoms with van der Waals surface area (Å²) in [5.41, 5.74) is 3.26. The number of hydrogen-bond donors (Lipinski definition) is 1. The summed E-state index contributed by atoms with van der Waals surface area (Å²) in [6.45, 7) is 2.84. The van der Waals surface area contributed by atoms with E-state index in [-0.39, 0.29) is 5.91 Å². The van der Waals surface area contributed by atoms with E-state index in [2.05, 4.69) is 11.4 Å². The van der Waals surface area contributed by atoms with Gasteiger partial charge in [0.2, 0.25) is 0 Å². The van der Waals surface area contributed by atoms with Crippen LogP contribution in [-0.4, -0.2) is 25.2 Å². The molecule has 1 N–H and O–H groups in total. The predicted octanol–water partition coefficient (Wildman–Crippen LogP) is 3.74. The maximum atomic E-state index is 12.5. The standard InChI is InChI=1S/C21H23NO4/c1-14(26-18-8-4-6-15-5-2-3-7-17(15)18)21(23)22-16-9-10-19-20(13-16)25-12-11-24-19/h4,6,8-10,13-14H,2-3,5,7,11-12H2,1H3,(H,22,23)/t14-/m0/s1. The summed E-state index contributed by atoms with van der Waals surface area (Å²) in [5, 5.41) is 2.89. The maximum Gasteiger partial charge on any atom is 0.265 e. The molecule has 0 unspecified atom stereocenters. The van der Waals surface area contributed by atoms with Crippen LogP contribution in [0.5, 0.6) is 17.2 Å². The molecular weight excluding hydrogens is 330 g/mol. The number of ether oxygens (including phenoxy) is 3. The van der Waals surface area contributed by atoms with Crippen molar-refractivity contribution >= 4 is 11.6 Å². The molecule has 1 amide bonds. The van der Waals surface area contributed by atoms with Crippen molar-refractivity contribution in [2.45, 2.75) is 38.7 Å². The van der Waals surface area contributed by atoms with Gasteiger partial charge in [-0.15, -0.1) is 0 Å². The molecule has 4 rings (SSSR count). The molecule has 2 aliphatic rings. The summed E-state index contributed by atoms with van der Waals surface area (Å²) in [7, 11) is 0. The Balaban J connectivity index is 1.44. The SMILES string of the molecule is C[C@H](Oc1cccc2c1CCCC2)C(=O)Nc1ccc2c(c1)OCCO2. The van der Waals surface area contributed by atoms with Gasteiger partial charge in [-0.3, -0.25) is 4.79 Å². The Morgan fingerprint density at radius 3 is 2.77 bits per heavy atom. The van der Waals surface area contributed by atoms with Crippen molar-refractivity contribution in [2.24, 2.45) is 0 Å². The minimum Gasteiger partial charge on any atom is -0.486 e. The van der Waals surface area contributed by atoms with E-state index in [1.54, 1.807) is 13.0 Å². The molecule has 5 nitrogen and oxygen atoms in total. The first-order valence-corrected chi connectivity index (χ1v) is 9.18. The maximum absolute atomic E-state index is 12.5. The molecule has 1 atom stereocenters. The quantitative estimate of drug-likeness (QED) is 0.910. The van der Waals surface area contributed by atoms with Gasteiger partial charge < -0.3 is 19.5 Å². The van der Waals surface area contributed by atoms with Gasteiger partial charge in [-0.25, -0.2) is 0 Å². The van der Waals surface area contributed by atoms with Crippen molar-refractivity contribution in [1.29, 1.82) is 0 Å². The van der Waals surface area contributed by atoms with Crippen molar-refractivity contribution in [3.63, 3.8) is 0 Å². The van der Waals surface area contributed by atoms with Gasteiger partial charge >= 0.3 is 0 Å². The van der Waals surface area contributed by atoms with Crippen LogP contribution in [0, 0.1) is 0 Å². The van der Waals surface area contributed by atoms with Gasteiger partial charge in [0.1, 0.15) is 19.0 Å². The van der Waals surface area contributed by atoms with Crippen LogP contribution >= 0.6 is 0 Å². The number of amides is 1. The highest BCUT2D eigenvalue weighted by molar-refractivity contribution is 5.94. The molecule has 0 spiro atoms. The molecule has 0 fully saturated rings. The van der Waals surface area contributed by atoms with E-state index in [0.717, 1.165) is 18.6 Å². The number of fused-ring (bicyclic) bond motifs is 2. The highest BCUT2D eigenvalue weighted by Gasteiger charge is 2.20. The summed E-state index contributed by atoms with van der Waals surface area (Å²) < 4.78 is 17.0. The second kappa shape index (κ2) is 7.28. The average Bonchev–Trinajstić information content (AvgIpc) is 2.68. The number of nitrogens with one attached hydrogen (secondary N) is 1. The lowest BCUT2D eigenvalue weighted by atomic mass is 9.91. The van der Waals surface area contributed by atoms with Gasteiger partial charge in [0.15, 0.2) is 17.6 Å². The average molecular weight is 353 g/mol. The Labute approximate surface area is 153 Å². The second-order valence-corrected chi connectivity index (χ2v) is 6.71. The van der Waals surface area contributed by atoms with Crippen molar-refractivity contribution in [1.82, 2.24) is 0 Å². The minimum absolute atomic E-state index is 0.185. The Morgan fingerprint density at radius 2 is 1.88 bits per heavy atom. The van der Waals surface area contributed by atoms with Crippen LogP contribution < -0.4 is 19.5 Å². The van der Waals surface area contributed by atoms with E-state index in [1.165, 1.54) is 24.0 Å². The number of anilines is 1. The largest absolute Gasteiger partial charge is 0.486 e. The molecule has 2 aromatic carbocycles. The van der Waals surface area contributed by atoms with Crippen molar-refractivity contribution < 1.29 is 19.0 Å². The topological polar surface area (TPSA) is 56.8 Å². The molecule has 0 saturated heterocycles. The lowest BCUT2D eigenvalue weighted by Gasteiger charge is -2.22. The van der Waals surface area contributed by atoms with E-state index in [4.69, 9.17) is 14.2 Å². The summed E-state index contributed by atoms with van der Waals surface area (Å²) in [6, 6.07) is 11.5. The molecule has 0 bridgehead atoms. The van der Waals surface area contributed by atoms with E-state index in [1.807, 2.05) is 24.3 Å². The first-order chi connectivity index (χ1) is 12.7. The van der Waals surface area contributed by atoms with Gasteiger partial charge in [-0.05, 0) is 61.9 Å². The highest BCUT2D eigenvalue weighted by atomic mass is 16.6. The van der Waals surface area contributed by atoms with E-state index in [0.29, 0.717) is 30.4 Å². The Bertz CT molecular complexity index is 818. The van der Waals surface area contributed by atoms with Gasteiger partial charge in [0, 0.05) is 11.8 Å². The second-order valence-electron chi connectivity index (χ2n) is 6.71. The molecule has 5 heteroatoms. The smallest absolute Gasteiger partial charge is 0.265 e. The summed E-state index contributed by atoms with van der Waals surface area (Å²) >= 11 is 0. The van der Waals surface area contributed by atoms with Crippen molar-refractivity contribution in [3.8, 4) is 17.2 Å². The molecule has 26 heavy (non-hydrogen) atoms. The van der Waals surface area contributed by atoms with Crippen LogP contribution in [0.3, 0.4) is 0 Å². The summed E-state index contributed by atoms with van der Waals surface area (Å²) in [5.74, 6) is 2.00. The van der Waals surface area contributed by atoms with E-state index < -0.39 is 6.10 Å². The van der Waals surface area contributed by atoms with Crippen LogP contribution in [-0.2, 0) is 17.6 Å². The number of hydrogen-bond acceptors (Lipinski definition) is 4. The number of aryl methyl sites for hydroxylation is 1. The zero-order chi connectivity index (χ0) is 17.9. The van der Waals surface area contributed by atoms with Gasteiger partial charge in [0.05, 0.1) is 0 Å². The summed E-state index contributed by atoms with van der Waals surface area (Å²) in [4.78, 5) is 12.5. The van der Waals surface area contributed by atoms with Crippen LogP contribution in [0.15, 0.2) is 36.4 Å². The molecule has 0 radical (unpaired) electrons. The highest BCUT2D eigenvalue weighted by Crippen LogP contribution is 2.33. The third-order valence-corrected chi connectivity index (χ3v) is 4.84. The third kappa shape index (κ3) is 3.47. The molecular formula is C21H23NO4. The Morgan fingerprint density at radius 1 is 1.08 bits per heavy atom. The van der Waals surface area contributed by atoms with E-state index >= 15 is 0 Å². The fourth-order valence-electron chi connectivity index (χ4n) is 3.47. The van der Waals surface area contributed by atoms with E-state index in [9.17, 15) is 4.79 Å². The molecule has 0 aromatic heterocycles. The lowest BCUT2D eigenvalue weighted by Crippen LogP contribution is -2.30. The molecule has 1 aliphatic heterocycles. The fourth-order valence-corrected chi connectivity index (χ4v) is 3.47. The first kappa shape index (κ1) is 16.8. The third-order valence-electron chi connectivity index (χ3n) is 4.84. The fraction of sp³-hybridized carbons (Fsp3) is 0.381. The molecule has 136 valence electrons. The summed E-state index contributed by atoms with van der Waals surface area (Å²) in [6.07, 6.45) is 3.91. The number of carbonyl (C=O) groups excluding carboxylic acids is 1. The minimum atomic E-state index is -0.586. The monoisotopic (exact) mass is 353 g/mol. The predicted molar refractivity (Wildman–Crippen MR) is 99.2 cm³/mol. The van der Waals surface area contributed by atoms with Crippen LogP contribution in [0.4, 0.5) is 5.69 Å². The normalized spacial score (nSPS) is 16.3. The molecule has 2 aromatic rings.